The Kier molecular flexibility index (Phi) is 8.91. The van der Waals surface area contributed by atoms with Crippen LogP contribution in [0.25, 0.3) is 0 Å². The Morgan fingerprint density at radius 1 is 1.16 bits per heavy atom. The molecule has 2 saturated heterocycles. The highest BCUT2D eigenvalue weighted by Crippen LogP contribution is 2.36. The van der Waals surface area contributed by atoms with Crippen LogP contribution in [0.5, 0.6) is 0 Å². The zero-order valence-corrected chi connectivity index (χ0v) is 21.5. The van der Waals surface area contributed by atoms with Crippen molar-refractivity contribution in [3.8, 4) is 0 Å². The van der Waals surface area contributed by atoms with Gasteiger partial charge in [0.25, 0.3) is 0 Å². The van der Waals surface area contributed by atoms with Gasteiger partial charge in [-0.3, -0.25) is 9.48 Å². The number of likely N-dealkylation sites (tertiary alicyclic amines) is 1. The van der Waals surface area contributed by atoms with Gasteiger partial charge in [0.2, 0.25) is 5.91 Å². The number of rotatable bonds is 9. The van der Waals surface area contributed by atoms with E-state index in [0.29, 0.717) is 57.4 Å². The fourth-order valence-electron chi connectivity index (χ4n) is 4.72. The third-order valence-corrected chi connectivity index (χ3v) is 6.92. The van der Waals surface area contributed by atoms with Gasteiger partial charge in [0.15, 0.2) is 0 Å². The Labute approximate surface area is 215 Å². The van der Waals surface area contributed by atoms with Crippen LogP contribution in [0.1, 0.15) is 49.9 Å². The van der Waals surface area contributed by atoms with E-state index in [-0.39, 0.29) is 18.1 Å². The number of carbonyl (C=O) groups excluding carboxylic acids is 1. The van der Waals surface area contributed by atoms with Crippen LogP contribution in [0.4, 0.5) is 30.4 Å². The summed E-state index contributed by atoms with van der Waals surface area (Å²) in [5, 5.41) is 10.8. The molecule has 0 aliphatic carbocycles. The van der Waals surface area contributed by atoms with Crippen molar-refractivity contribution in [2.45, 2.75) is 51.2 Å². The van der Waals surface area contributed by atoms with Gasteiger partial charge in [-0.1, -0.05) is 6.92 Å². The molecule has 1 amide bonds. The number of piperidine rings is 1. The molecule has 0 spiro atoms. The first-order valence-electron chi connectivity index (χ1n) is 12.9. The monoisotopic (exact) mass is 523 g/mol. The number of aromatic nitrogens is 3. The molecule has 37 heavy (non-hydrogen) atoms. The van der Waals surface area contributed by atoms with Crippen molar-refractivity contribution in [3.05, 3.63) is 29.7 Å². The van der Waals surface area contributed by atoms with E-state index in [1.165, 1.54) is 6.07 Å². The number of nitrogens with one attached hydrogen (secondary N) is 2. The summed E-state index contributed by atoms with van der Waals surface area (Å²) in [6, 6.07) is 1.69. The van der Waals surface area contributed by atoms with Crippen LogP contribution in [-0.4, -0.2) is 83.5 Å². The lowest BCUT2D eigenvalue weighted by molar-refractivity contribution is -0.137. The summed E-state index contributed by atoms with van der Waals surface area (Å²) in [6.07, 6.45) is 1.79. The third-order valence-electron chi connectivity index (χ3n) is 6.92. The number of hydrogen-bond donors (Lipinski definition) is 2. The molecule has 2 fully saturated rings. The second-order valence-corrected chi connectivity index (χ2v) is 9.62. The van der Waals surface area contributed by atoms with Crippen molar-refractivity contribution in [2.75, 3.05) is 63.6 Å². The molecule has 0 saturated carbocycles. The van der Waals surface area contributed by atoms with Crippen LogP contribution >= 0.6 is 0 Å². The Balaban J connectivity index is 1.44. The van der Waals surface area contributed by atoms with Gasteiger partial charge in [-0.25, -0.2) is 4.98 Å². The van der Waals surface area contributed by atoms with Gasteiger partial charge in [0.1, 0.15) is 5.82 Å². The van der Waals surface area contributed by atoms with Crippen LogP contribution in [0.15, 0.2) is 18.5 Å². The molecule has 9 nitrogen and oxygen atoms in total. The number of carbonyl (C=O) groups is 1. The van der Waals surface area contributed by atoms with Crippen molar-refractivity contribution in [2.24, 2.45) is 0 Å². The molecule has 2 aromatic heterocycles. The molecule has 0 aromatic carbocycles. The first-order chi connectivity index (χ1) is 17.7. The molecule has 0 atom stereocenters. The quantitative estimate of drug-likeness (QED) is 0.482. The van der Waals surface area contributed by atoms with Crippen molar-refractivity contribution in [3.63, 3.8) is 0 Å². The van der Waals surface area contributed by atoms with E-state index in [1.807, 2.05) is 17.8 Å². The molecule has 2 aromatic rings. The smallest absolute Gasteiger partial charge is 0.384 e. The van der Waals surface area contributed by atoms with Crippen LogP contribution < -0.4 is 10.6 Å². The zero-order chi connectivity index (χ0) is 26.4. The molecule has 4 heterocycles. The summed E-state index contributed by atoms with van der Waals surface area (Å²) in [6.45, 7) is 6.14. The first-order valence-corrected chi connectivity index (χ1v) is 12.9. The van der Waals surface area contributed by atoms with E-state index in [2.05, 4.69) is 27.6 Å². The fraction of sp³-hybridized carbons (Fsp3) is 0.640. The van der Waals surface area contributed by atoms with Gasteiger partial charge in [0, 0.05) is 38.1 Å². The van der Waals surface area contributed by atoms with Crippen molar-refractivity contribution in [1.82, 2.24) is 24.6 Å². The Morgan fingerprint density at radius 2 is 1.95 bits per heavy atom. The third kappa shape index (κ3) is 7.13. The normalized spacial score (nSPS) is 18.2. The summed E-state index contributed by atoms with van der Waals surface area (Å²) in [5.41, 5.74) is 0.731. The molecule has 204 valence electrons. The molecule has 0 bridgehead atoms. The zero-order valence-electron chi connectivity index (χ0n) is 21.5. The second kappa shape index (κ2) is 12.1. The highest BCUT2D eigenvalue weighted by molar-refractivity contribution is 5.76. The second-order valence-electron chi connectivity index (χ2n) is 9.62. The van der Waals surface area contributed by atoms with Gasteiger partial charge in [-0.15, -0.1) is 0 Å². The number of ether oxygens (including phenoxy) is 1. The molecule has 2 N–H and O–H groups in total. The SMILES string of the molecule is CCc1nn(C2CCN(C)CC2)cc1Nc1cc(NCCCN2CCOCCC2=O)c(C(F)(F)F)cn1. The Morgan fingerprint density at radius 3 is 2.68 bits per heavy atom. The minimum absolute atomic E-state index is 0.0106. The number of pyridine rings is 1. The van der Waals surface area contributed by atoms with Crippen LogP contribution in [-0.2, 0) is 22.1 Å². The summed E-state index contributed by atoms with van der Waals surface area (Å²) in [5.74, 6) is 0.323. The standard InChI is InChI=1S/C25H36F3N7O2/c1-3-20-22(17-35(32-20)18-5-10-33(2)11-6-18)31-23-15-21(19(16-30-23)25(26,27)28)29-8-4-9-34-12-14-37-13-7-24(34)36/h15-18H,3-14H2,1-2H3,(H2,29,30,31). The van der Waals surface area contributed by atoms with Gasteiger partial charge >= 0.3 is 6.18 Å². The fourth-order valence-corrected chi connectivity index (χ4v) is 4.72. The number of amides is 1. The predicted molar refractivity (Wildman–Crippen MR) is 135 cm³/mol. The van der Waals surface area contributed by atoms with Crippen LogP contribution in [0.2, 0.25) is 0 Å². The van der Waals surface area contributed by atoms with Gasteiger partial charge in [0.05, 0.1) is 48.3 Å². The predicted octanol–water partition coefficient (Wildman–Crippen LogP) is 3.92. The number of hydrogen-bond acceptors (Lipinski definition) is 7. The van der Waals surface area contributed by atoms with E-state index >= 15 is 0 Å². The molecule has 4 rings (SSSR count). The highest BCUT2D eigenvalue weighted by atomic mass is 19.4. The lowest BCUT2D eigenvalue weighted by atomic mass is 10.1. The summed E-state index contributed by atoms with van der Waals surface area (Å²) < 4.78 is 48.3. The highest BCUT2D eigenvalue weighted by Gasteiger charge is 2.34. The minimum atomic E-state index is -4.54. The van der Waals surface area contributed by atoms with Gasteiger partial charge < -0.3 is 25.2 Å². The number of nitrogens with zero attached hydrogens (tertiary/aromatic N) is 5. The average Bonchev–Trinajstić information content (AvgIpc) is 3.15. The lowest BCUT2D eigenvalue weighted by Gasteiger charge is -2.29. The topological polar surface area (TPSA) is 87.5 Å². The lowest BCUT2D eigenvalue weighted by Crippen LogP contribution is -2.33. The number of halogens is 3. The summed E-state index contributed by atoms with van der Waals surface area (Å²) in [7, 11) is 2.11. The minimum Gasteiger partial charge on any atom is -0.384 e. The average molecular weight is 524 g/mol. The molecule has 0 unspecified atom stereocenters. The van der Waals surface area contributed by atoms with Crippen LogP contribution in [0, 0.1) is 0 Å². The molecule has 0 radical (unpaired) electrons. The van der Waals surface area contributed by atoms with Gasteiger partial charge in [-0.05, 0) is 45.8 Å². The van der Waals surface area contributed by atoms with Crippen molar-refractivity contribution in [1.29, 1.82) is 0 Å². The molecular weight excluding hydrogens is 487 g/mol. The maximum atomic E-state index is 13.7. The van der Waals surface area contributed by atoms with E-state index in [4.69, 9.17) is 9.84 Å². The van der Waals surface area contributed by atoms with E-state index in [9.17, 15) is 18.0 Å². The maximum Gasteiger partial charge on any atom is 0.419 e. The van der Waals surface area contributed by atoms with Crippen molar-refractivity contribution >= 4 is 23.1 Å². The van der Waals surface area contributed by atoms with E-state index in [1.54, 1.807) is 4.90 Å². The number of anilines is 3. The summed E-state index contributed by atoms with van der Waals surface area (Å²) >= 11 is 0. The summed E-state index contributed by atoms with van der Waals surface area (Å²) in [4.78, 5) is 20.1. The van der Waals surface area contributed by atoms with E-state index < -0.39 is 11.7 Å². The van der Waals surface area contributed by atoms with E-state index in [0.717, 1.165) is 43.5 Å². The van der Waals surface area contributed by atoms with Gasteiger partial charge in [-0.2, -0.15) is 18.3 Å². The molecular formula is C25H36F3N7O2. The molecule has 2 aliphatic rings. The molecule has 2 aliphatic heterocycles. The Bertz CT molecular complexity index is 1050. The number of aryl methyl sites for hydroxylation is 1. The Hall–Kier alpha value is -2.86. The largest absolute Gasteiger partial charge is 0.419 e. The molecule has 12 heteroatoms. The maximum absolute atomic E-state index is 13.7. The van der Waals surface area contributed by atoms with Crippen LogP contribution in [0.3, 0.4) is 0 Å². The number of alkyl halides is 3. The van der Waals surface area contributed by atoms with Crippen molar-refractivity contribution < 1.29 is 22.7 Å². The first kappa shape index (κ1) is 27.2.